The molecule has 0 N–H and O–H groups in total. The van der Waals surface area contributed by atoms with Crippen LogP contribution in [0, 0.1) is 6.92 Å². The molecule has 0 atom stereocenters. The van der Waals surface area contributed by atoms with E-state index in [1.807, 2.05) is 38.1 Å². The summed E-state index contributed by atoms with van der Waals surface area (Å²) >= 11 is 0. The van der Waals surface area contributed by atoms with E-state index in [2.05, 4.69) is 12.1 Å². The number of aryl methyl sites for hydroxylation is 1. The quantitative estimate of drug-likeness (QED) is 0.338. The Balaban J connectivity index is 1.90. The lowest BCUT2D eigenvalue weighted by atomic mass is 10.2. The monoisotopic (exact) mass is 309 g/mol. The molecule has 0 amide bonds. The van der Waals surface area contributed by atoms with E-state index in [0.29, 0.717) is 39.6 Å². The highest BCUT2D eigenvalue weighted by Crippen LogP contribution is 2.10. The minimum atomic E-state index is 0.497. The van der Waals surface area contributed by atoms with Crippen molar-refractivity contribution >= 4 is 5.71 Å². The van der Waals surface area contributed by atoms with Crippen LogP contribution in [-0.2, 0) is 14.3 Å². The van der Waals surface area contributed by atoms with Crippen LogP contribution in [0.1, 0.15) is 25.8 Å². The predicted octanol–water partition coefficient (Wildman–Crippen LogP) is 3.21. The van der Waals surface area contributed by atoms with Gasteiger partial charge in [-0.3, -0.25) is 0 Å². The lowest BCUT2D eigenvalue weighted by Crippen LogP contribution is -2.10. The van der Waals surface area contributed by atoms with E-state index in [1.54, 1.807) is 0 Å². The van der Waals surface area contributed by atoms with E-state index in [-0.39, 0.29) is 0 Å². The van der Waals surface area contributed by atoms with Gasteiger partial charge >= 0.3 is 0 Å². The summed E-state index contributed by atoms with van der Waals surface area (Å²) in [6.07, 6.45) is 0.854. The van der Waals surface area contributed by atoms with E-state index in [9.17, 15) is 0 Å². The highest BCUT2D eigenvalue weighted by Gasteiger charge is 1.96. The molecule has 0 spiro atoms. The van der Waals surface area contributed by atoms with E-state index in [1.165, 1.54) is 5.56 Å². The molecule has 0 unspecified atom stereocenters. The average Bonchev–Trinajstić information content (AvgIpc) is 2.53. The molecular weight excluding hydrogens is 282 g/mol. The second-order valence-corrected chi connectivity index (χ2v) is 4.92. The summed E-state index contributed by atoms with van der Waals surface area (Å²) in [5.41, 5.74) is 2.07. The fraction of sp³-hybridized carbons (Fsp3) is 0.588. The molecule has 1 aromatic carbocycles. The van der Waals surface area contributed by atoms with Gasteiger partial charge in [-0.1, -0.05) is 22.9 Å². The van der Waals surface area contributed by atoms with Gasteiger partial charge in [-0.2, -0.15) is 0 Å². The highest BCUT2D eigenvalue weighted by molar-refractivity contribution is 5.82. The highest BCUT2D eigenvalue weighted by atomic mass is 16.6. The zero-order chi connectivity index (χ0) is 16.0. The van der Waals surface area contributed by atoms with Crippen LogP contribution < -0.4 is 4.74 Å². The molecule has 0 aliphatic heterocycles. The molecule has 0 saturated heterocycles. The molecule has 22 heavy (non-hydrogen) atoms. The Kier molecular flexibility index (Phi) is 10.1. The zero-order valence-electron chi connectivity index (χ0n) is 13.8. The first-order valence-electron chi connectivity index (χ1n) is 7.72. The van der Waals surface area contributed by atoms with Gasteiger partial charge in [0.2, 0.25) is 0 Å². The molecular formula is C17H27NO4. The lowest BCUT2D eigenvalue weighted by Gasteiger charge is -2.08. The third kappa shape index (κ3) is 9.37. The Bertz CT molecular complexity index is 417. The van der Waals surface area contributed by atoms with Crippen LogP contribution in [0.5, 0.6) is 5.75 Å². The number of hydrogen-bond donors (Lipinski definition) is 0. The van der Waals surface area contributed by atoms with Crippen molar-refractivity contribution in [3.8, 4) is 5.75 Å². The van der Waals surface area contributed by atoms with Crippen molar-refractivity contribution in [2.24, 2.45) is 5.16 Å². The fourth-order valence-electron chi connectivity index (χ4n) is 1.64. The smallest absolute Gasteiger partial charge is 0.119 e. The van der Waals surface area contributed by atoms with E-state index in [0.717, 1.165) is 17.9 Å². The standard InChI is InChI=1S/C17H27NO4/c1-4-22-18-16(3)14-20-11-5-10-19-12-13-21-17-8-6-15(2)7-9-17/h6-9H,4-5,10-14H2,1-3H3/b18-16+. The van der Waals surface area contributed by atoms with Crippen molar-refractivity contribution in [2.75, 3.05) is 39.6 Å². The van der Waals surface area contributed by atoms with Gasteiger partial charge < -0.3 is 19.0 Å². The molecule has 5 nitrogen and oxygen atoms in total. The molecule has 5 heteroatoms. The van der Waals surface area contributed by atoms with Crippen LogP contribution in [0.4, 0.5) is 0 Å². The SMILES string of the molecule is CCO/N=C(\C)COCCCOCCOc1ccc(C)cc1. The maximum Gasteiger partial charge on any atom is 0.119 e. The summed E-state index contributed by atoms with van der Waals surface area (Å²) in [7, 11) is 0. The first kappa shape index (κ1) is 18.5. The van der Waals surface area contributed by atoms with Gasteiger partial charge in [-0.25, -0.2) is 0 Å². The number of benzene rings is 1. The molecule has 0 heterocycles. The van der Waals surface area contributed by atoms with Crippen LogP contribution in [0.2, 0.25) is 0 Å². The molecule has 0 bridgehead atoms. The summed E-state index contributed by atoms with van der Waals surface area (Å²) in [6.45, 7) is 9.37. The summed E-state index contributed by atoms with van der Waals surface area (Å²) in [5.74, 6) is 0.876. The fourth-order valence-corrected chi connectivity index (χ4v) is 1.64. The first-order chi connectivity index (χ1) is 10.7. The maximum absolute atomic E-state index is 5.57. The van der Waals surface area contributed by atoms with Gasteiger partial charge in [-0.15, -0.1) is 0 Å². The summed E-state index contributed by atoms with van der Waals surface area (Å²) in [6, 6.07) is 8.00. The predicted molar refractivity (Wildman–Crippen MR) is 87.7 cm³/mol. The van der Waals surface area contributed by atoms with Gasteiger partial charge in [0.25, 0.3) is 0 Å². The Labute approximate surface area is 133 Å². The second-order valence-electron chi connectivity index (χ2n) is 4.92. The van der Waals surface area contributed by atoms with Crippen LogP contribution in [0.15, 0.2) is 29.4 Å². The average molecular weight is 309 g/mol. The van der Waals surface area contributed by atoms with Gasteiger partial charge in [0.05, 0.1) is 18.9 Å². The molecule has 0 aromatic heterocycles. The van der Waals surface area contributed by atoms with Crippen molar-refractivity contribution < 1.29 is 19.0 Å². The van der Waals surface area contributed by atoms with Crippen molar-refractivity contribution in [2.45, 2.75) is 27.2 Å². The van der Waals surface area contributed by atoms with Crippen molar-refractivity contribution in [3.63, 3.8) is 0 Å². The number of ether oxygens (including phenoxy) is 3. The normalized spacial score (nSPS) is 11.5. The van der Waals surface area contributed by atoms with E-state index >= 15 is 0 Å². The zero-order valence-corrected chi connectivity index (χ0v) is 13.8. The molecule has 0 fully saturated rings. The Hall–Kier alpha value is -1.59. The van der Waals surface area contributed by atoms with Crippen molar-refractivity contribution in [1.82, 2.24) is 0 Å². The van der Waals surface area contributed by atoms with Gasteiger partial charge in [0.1, 0.15) is 19.0 Å². The van der Waals surface area contributed by atoms with Crippen molar-refractivity contribution in [1.29, 1.82) is 0 Å². The Morgan fingerprint density at radius 1 is 1.00 bits per heavy atom. The third-order valence-electron chi connectivity index (χ3n) is 2.76. The lowest BCUT2D eigenvalue weighted by molar-refractivity contribution is 0.0756. The molecule has 1 aromatic rings. The molecule has 0 saturated carbocycles. The second kappa shape index (κ2) is 12.0. The van der Waals surface area contributed by atoms with Crippen molar-refractivity contribution in [3.05, 3.63) is 29.8 Å². The Morgan fingerprint density at radius 2 is 1.73 bits per heavy atom. The molecule has 124 valence electrons. The van der Waals surface area contributed by atoms with Crippen LogP contribution in [0.3, 0.4) is 0 Å². The van der Waals surface area contributed by atoms with Gasteiger partial charge in [0, 0.05) is 13.2 Å². The number of oxime groups is 1. The number of rotatable bonds is 12. The van der Waals surface area contributed by atoms with Gasteiger partial charge in [-0.05, 0) is 39.3 Å². The topological polar surface area (TPSA) is 49.3 Å². The maximum atomic E-state index is 5.57. The van der Waals surface area contributed by atoms with E-state index in [4.69, 9.17) is 19.0 Å². The minimum Gasteiger partial charge on any atom is -0.491 e. The molecule has 0 aliphatic carbocycles. The summed E-state index contributed by atoms with van der Waals surface area (Å²) in [5, 5.41) is 3.88. The first-order valence-corrected chi connectivity index (χ1v) is 7.72. The molecule has 0 aliphatic rings. The third-order valence-corrected chi connectivity index (χ3v) is 2.76. The van der Waals surface area contributed by atoms with Crippen LogP contribution in [0.25, 0.3) is 0 Å². The minimum absolute atomic E-state index is 0.497. The largest absolute Gasteiger partial charge is 0.491 e. The molecule has 1 rings (SSSR count). The number of nitrogens with zero attached hydrogens (tertiary/aromatic N) is 1. The number of hydrogen-bond acceptors (Lipinski definition) is 5. The van der Waals surface area contributed by atoms with Crippen LogP contribution in [-0.4, -0.2) is 45.4 Å². The molecule has 0 radical (unpaired) electrons. The van der Waals surface area contributed by atoms with Crippen LogP contribution >= 0.6 is 0 Å². The summed E-state index contributed by atoms with van der Waals surface area (Å²) in [4.78, 5) is 4.93. The summed E-state index contributed by atoms with van der Waals surface area (Å²) < 4.78 is 16.5. The Morgan fingerprint density at radius 3 is 2.45 bits per heavy atom. The van der Waals surface area contributed by atoms with Gasteiger partial charge in [0.15, 0.2) is 0 Å². The van der Waals surface area contributed by atoms with E-state index < -0.39 is 0 Å².